The van der Waals surface area contributed by atoms with Crippen molar-refractivity contribution in [1.82, 2.24) is 15.1 Å². The summed E-state index contributed by atoms with van der Waals surface area (Å²) in [4.78, 5) is 8.03. The molecule has 0 atom stereocenters. The number of benzene rings is 2. The average molecular weight is 402 g/mol. The van der Waals surface area contributed by atoms with Gasteiger partial charge in [0.05, 0.1) is 16.7 Å². The summed E-state index contributed by atoms with van der Waals surface area (Å²) >= 11 is 6.33. The molecule has 4 aromatic rings. The van der Waals surface area contributed by atoms with E-state index in [0.717, 1.165) is 38.4 Å². The minimum absolute atomic E-state index is 0. The number of H-pyrrole nitrogens is 1. The summed E-state index contributed by atoms with van der Waals surface area (Å²) in [5, 5.41) is 4.99. The standard InChI is InChI=1S/C21H20ClN3O.ClH/c1-12-18(26-25-19(12)21(2,3)4)20-23-16-10-9-13(11-17(16)24-20)14-7-5-6-8-15(14)22;/h5-11H,1-4H3,(H,23,24);1H. The van der Waals surface area contributed by atoms with Gasteiger partial charge in [0.2, 0.25) is 5.76 Å². The van der Waals surface area contributed by atoms with Gasteiger partial charge in [0.1, 0.15) is 0 Å². The predicted octanol–water partition coefficient (Wildman–Crippen LogP) is 6.57. The van der Waals surface area contributed by atoms with Crippen LogP contribution in [-0.2, 0) is 5.41 Å². The molecule has 0 unspecified atom stereocenters. The molecule has 1 N–H and O–H groups in total. The maximum Gasteiger partial charge on any atom is 0.205 e. The minimum atomic E-state index is -0.0743. The van der Waals surface area contributed by atoms with Crippen LogP contribution in [0, 0.1) is 6.92 Å². The topological polar surface area (TPSA) is 54.7 Å². The molecule has 140 valence electrons. The van der Waals surface area contributed by atoms with E-state index in [-0.39, 0.29) is 17.8 Å². The summed E-state index contributed by atoms with van der Waals surface area (Å²) in [6.45, 7) is 8.39. The van der Waals surface area contributed by atoms with Crippen LogP contribution in [0.5, 0.6) is 0 Å². The van der Waals surface area contributed by atoms with E-state index in [4.69, 9.17) is 16.1 Å². The first-order chi connectivity index (χ1) is 12.3. The van der Waals surface area contributed by atoms with Crippen molar-refractivity contribution < 1.29 is 4.52 Å². The number of imidazole rings is 1. The van der Waals surface area contributed by atoms with Crippen molar-refractivity contribution in [3.8, 4) is 22.7 Å². The van der Waals surface area contributed by atoms with Gasteiger partial charge in [-0.05, 0) is 30.7 Å². The number of hydrogen-bond acceptors (Lipinski definition) is 3. The zero-order valence-corrected chi connectivity index (χ0v) is 17.2. The Morgan fingerprint density at radius 2 is 1.81 bits per heavy atom. The van der Waals surface area contributed by atoms with Crippen LogP contribution in [0.15, 0.2) is 47.0 Å². The molecule has 2 aromatic heterocycles. The highest BCUT2D eigenvalue weighted by Crippen LogP contribution is 2.33. The van der Waals surface area contributed by atoms with Crippen molar-refractivity contribution in [2.75, 3.05) is 0 Å². The van der Waals surface area contributed by atoms with Gasteiger partial charge in [-0.25, -0.2) is 4.98 Å². The van der Waals surface area contributed by atoms with E-state index in [1.807, 2.05) is 43.3 Å². The number of aromatic amines is 1. The number of fused-ring (bicyclic) bond motifs is 1. The lowest BCUT2D eigenvalue weighted by Crippen LogP contribution is -2.13. The fraction of sp³-hybridized carbons (Fsp3) is 0.238. The Morgan fingerprint density at radius 3 is 2.48 bits per heavy atom. The Kier molecular flexibility index (Phi) is 5.06. The maximum absolute atomic E-state index is 6.33. The molecule has 4 nitrogen and oxygen atoms in total. The molecule has 2 heterocycles. The molecule has 0 amide bonds. The van der Waals surface area contributed by atoms with E-state index in [2.05, 4.69) is 42.0 Å². The molecule has 0 bridgehead atoms. The van der Waals surface area contributed by atoms with Gasteiger partial charge in [0.15, 0.2) is 5.82 Å². The SMILES string of the molecule is Cc1c(C(C)(C)C)noc1-c1nc2ccc(-c3ccccc3Cl)cc2[nH]1.Cl. The van der Waals surface area contributed by atoms with Crippen molar-refractivity contribution in [3.05, 3.63) is 58.7 Å². The van der Waals surface area contributed by atoms with Crippen LogP contribution in [0.4, 0.5) is 0 Å². The molecule has 2 aromatic carbocycles. The van der Waals surface area contributed by atoms with Gasteiger partial charge in [0.25, 0.3) is 0 Å². The normalized spacial score (nSPS) is 11.6. The van der Waals surface area contributed by atoms with Gasteiger partial charge in [-0.1, -0.05) is 61.8 Å². The quantitative estimate of drug-likeness (QED) is 0.413. The molecule has 27 heavy (non-hydrogen) atoms. The summed E-state index contributed by atoms with van der Waals surface area (Å²) in [5.74, 6) is 1.38. The first kappa shape index (κ1) is 19.5. The zero-order chi connectivity index (χ0) is 18.5. The third-order valence-corrected chi connectivity index (χ3v) is 4.85. The third kappa shape index (κ3) is 3.47. The molecule has 0 aliphatic rings. The van der Waals surface area contributed by atoms with Crippen LogP contribution in [0.2, 0.25) is 5.02 Å². The van der Waals surface area contributed by atoms with E-state index < -0.39 is 0 Å². The van der Waals surface area contributed by atoms with Gasteiger partial charge < -0.3 is 9.51 Å². The Morgan fingerprint density at radius 1 is 1.07 bits per heavy atom. The molecule has 0 saturated heterocycles. The Hall–Kier alpha value is -2.30. The lowest BCUT2D eigenvalue weighted by atomic mass is 9.89. The number of hydrogen-bond donors (Lipinski definition) is 1. The molecular formula is C21H21Cl2N3O. The fourth-order valence-electron chi connectivity index (χ4n) is 3.24. The average Bonchev–Trinajstić information content (AvgIpc) is 3.17. The predicted molar refractivity (Wildman–Crippen MR) is 113 cm³/mol. The summed E-state index contributed by atoms with van der Waals surface area (Å²) in [6.07, 6.45) is 0. The third-order valence-electron chi connectivity index (χ3n) is 4.52. The highest BCUT2D eigenvalue weighted by Gasteiger charge is 2.25. The molecule has 0 aliphatic carbocycles. The van der Waals surface area contributed by atoms with E-state index in [1.165, 1.54) is 0 Å². The van der Waals surface area contributed by atoms with Gasteiger partial charge >= 0.3 is 0 Å². The highest BCUT2D eigenvalue weighted by molar-refractivity contribution is 6.33. The minimum Gasteiger partial charge on any atom is -0.352 e. The van der Waals surface area contributed by atoms with E-state index in [9.17, 15) is 0 Å². The summed E-state index contributed by atoms with van der Waals surface area (Å²) < 4.78 is 5.61. The molecule has 0 fully saturated rings. The first-order valence-electron chi connectivity index (χ1n) is 8.56. The molecule has 0 spiro atoms. The van der Waals surface area contributed by atoms with Crippen LogP contribution in [0.3, 0.4) is 0 Å². The van der Waals surface area contributed by atoms with Crippen molar-refractivity contribution in [2.45, 2.75) is 33.1 Å². The fourth-order valence-corrected chi connectivity index (χ4v) is 3.48. The van der Waals surface area contributed by atoms with Gasteiger partial charge in [-0.3, -0.25) is 0 Å². The van der Waals surface area contributed by atoms with E-state index in [0.29, 0.717) is 11.6 Å². The Labute approximate surface area is 169 Å². The van der Waals surface area contributed by atoms with Crippen LogP contribution >= 0.6 is 24.0 Å². The molecule has 4 rings (SSSR count). The largest absolute Gasteiger partial charge is 0.352 e. The molecule has 0 saturated carbocycles. The number of nitrogens with one attached hydrogen (secondary N) is 1. The zero-order valence-electron chi connectivity index (χ0n) is 15.6. The molecular weight excluding hydrogens is 381 g/mol. The number of rotatable bonds is 2. The lowest BCUT2D eigenvalue weighted by molar-refractivity contribution is 0.401. The second-order valence-electron chi connectivity index (χ2n) is 7.53. The van der Waals surface area contributed by atoms with E-state index in [1.54, 1.807) is 0 Å². The van der Waals surface area contributed by atoms with Gasteiger partial charge in [-0.2, -0.15) is 0 Å². The second-order valence-corrected chi connectivity index (χ2v) is 7.94. The molecule has 0 aliphatic heterocycles. The highest BCUT2D eigenvalue weighted by atomic mass is 35.5. The van der Waals surface area contributed by atoms with Gasteiger partial charge in [0, 0.05) is 21.6 Å². The van der Waals surface area contributed by atoms with Crippen molar-refractivity contribution >= 4 is 35.0 Å². The maximum atomic E-state index is 6.33. The van der Waals surface area contributed by atoms with Crippen LogP contribution in [0.25, 0.3) is 33.7 Å². The summed E-state index contributed by atoms with van der Waals surface area (Å²) in [5.41, 5.74) is 5.75. The lowest BCUT2D eigenvalue weighted by Gasteiger charge is -2.14. The molecule has 6 heteroatoms. The first-order valence-corrected chi connectivity index (χ1v) is 8.94. The van der Waals surface area contributed by atoms with Crippen molar-refractivity contribution in [1.29, 1.82) is 0 Å². The summed E-state index contributed by atoms with van der Waals surface area (Å²) in [7, 11) is 0. The van der Waals surface area contributed by atoms with Crippen molar-refractivity contribution in [2.24, 2.45) is 0 Å². The van der Waals surface area contributed by atoms with Crippen LogP contribution in [-0.4, -0.2) is 15.1 Å². The van der Waals surface area contributed by atoms with E-state index >= 15 is 0 Å². The second kappa shape index (κ2) is 7.02. The Balaban J connectivity index is 0.00000210. The van der Waals surface area contributed by atoms with Gasteiger partial charge in [-0.15, -0.1) is 12.4 Å². The smallest absolute Gasteiger partial charge is 0.205 e. The molecule has 0 radical (unpaired) electrons. The van der Waals surface area contributed by atoms with Crippen molar-refractivity contribution in [3.63, 3.8) is 0 Å². The van der Waals surface area contributed by atoms with Crippen LogP contribution in [0.1, 0.15) is 32.0 Å². The Bertz CT molecular complexity index is 1110. The number of halogens is 2. The summed E-state index contributed by atoms with van der Waals surface area (Å²) in [6, 6.07) is 13.9. The number of aromatic nitrogens is 3. The van der Waals surface area contributed by atoms with Crippen LogP contribution < -0.4 is 0 Å². The monoisotopic (exact) mass is 401 g/mol. The number of nitrogens with zero attached hydrogens (tertiary/aromatic N) is 2.